The smallest absolute Gasteiger partial charge is 0.0697 e. The van der Waals surface area contributed by atoms with Crippen molar-refractivity contribution in [2.24, 2.45) is 5.41 Å². The van der Waals surface area contributed by atoms with E-state index in [9.17, 15) is 0 Å². The molecule has 3 nitrogen and oxygen atoms in total. The summed E-state index contributed by atoms with van der Waals surface area (Å²) in [6.07, 6.45) is 2.33. The highest BCUT2D eigenvalue weighted by atomic mass is 32.2. The molecule has 0 amide bonds. The van der Waals surface area contributed by atoms with Gasteiger partial charge in [-0.1, -0.05) is 13.8 Å². The largest absolute Gasteiger partial charge is 0.394 e. The van der Waals surface area contributed by atoms with Gasteiger partial charge in [0.2, 0.25) is 0 Å². The molecule has 4 heteroatoms. The minimum absolute atomic E-state index is 0.125. The van der Waals surface area contributed by atoms with Crippen LogP contribution in [0.5, 0.6) is 0 Å². The second-order valence-corrected chi connectivity index (χ2v) is 6.16. The molecule has 0 radical (unpaired) electrons. The zero-order chi connectivity index (χ0) is 11.9. The number of aliphatic hydroxyl groups excluding tert-OH is 1. The highest BCUT2D eigenvalue weighted by molar-refractivity contribution is 7.99. The standard InChI is InChI=1S/C12H25NO2S/c1-12(2)4-9-16-10-11(12)13-5-3-7-15-8-6-14/h11,13-14H,3-10H2,1-2H3. The first-order chi connectivity index (χ1) is 7.67. The molecule has 1 saturated heterocycles. The number of rotatable bonds is 7. The highest BCUT2D eigenvalue weighted by Crippen LogP contribution is 2.33. The number of ether oxygens (including phenoxy) is 1. The zero-order valence-electron chi connectivity index (χ0n) is 10.5. The van der Waals surface area contributed by atoms with Crippen LogP contribution in [0.1, 0.15) is 26.7 Å². The Morgan fingerprint density at radius 3 is 2.94 bits per heavy atom. The van der Waals surface area contributed by atoms with Crippen molar-refractivity contribution in [2.75, 3.05) is 37.9 Å². The summed E-state index contributed by atoms with van der Waals surface area (Å²) in [6, 6.07) is 0.629. The predicted molar refractivity (Wildman–Crippen MR) is 70.0 cm³/mol. The van der Waals surface area contributed by atoms with E-state index in [0.717, 1.165) is 19.6 Å². The zero-order valence-corrected chi connectivity index (χ0v) is 11.3. The molecule has 1 aliphatic rings. The van der Waals surface area contributed by atoms with Gasteiger partial charge in [0.1, 0.15) is 0 Å². The monoisotopic (exact) mass is 247 g/mol. The lowest BCUT2D eigenvalue weighted by molar-refractivity contribution is 0.0895. The molecule has 1 fully saturated rings. The van der Waals surface area contributed by atoms with E-state index >= 15 is 0 Å². The average molecular weight is 247 g/mol. The van der Waals surface area contributed by atoms with Crippen LogP contribution in [0.3, 0.4) is 0 Å². The summed E-state index contributed by atoms with van der Waals surface area (Å²) in [5, 5.41) is 12.2. The first-order valence-electron chi connectivity index (χ1n) is 6.16. The molecule has 0 aliphatic carbocycles. The lowest BCUT2D eigenvalue weighted by Crippen LogP contribution is -2.47. The quantitative estimate of drug-likeness (QED) is 0.669. The van der Waals surface area contributed by atoms with E-state index in [0.29, 0.717) is 18.1 Å². The van der Waals surface area contributed by atoms with E-state index in [4.69, 9.17) is 9.84 Å². The SMILES string of the molecule is CC1(C)CCSCC1NCCCOCCO. The number of hydrogen-bond donors (Lipinski definition) is 2. The Labute approximate surface area is 103 Å². The maximum Gasteiger partial charge on any atom is 0.0697 e. The van der Waals surface area contributed by atoms with Gasteiger partial charge in [0.15, 0.2) is 0 Å². The number of hydrogen-bond acceptors (Lipinski definition) is 4. The topological polar surface area (TPSA) is 41.5 Å². The molecule has 96 valence electrons. The summed E-state index contributed by atoms with van der Waals surface area (Å²) in [6.45, 7) is 7.05. The van der Waals surface area contributed by atoms with E-state index < -0.39 is 0 Å². The van der Waals surface area contributed by atoms with Crippen molar-refractivity contribution in [2.45, 2.75) is 32.7 Å². The van der Waals surface area contributed by atoms with Gasteiger partial charge in [-0.2, -0.15) is 11.8 Å². The minimum atomic E-state index is 0.125. The third-order valence-electron chi connectivity index (χ3n) is 3.21. The molecule has 1 aliphatic heterocycles. The third kappa shape index (κ3) is 5.04. The van der Waals surface area contributed by atoms with Crippen molar-refractivity contribution < 1.29 is 9.84 Å². The van der Waals surface area contributed by atoms with Gasteiger partial charge in [-0.15, -0.1) is 0 Å². The number of aliphatic hydroxyl groups is 1. The Bertz CT molecular complexity index is 188. The maximum absolute atomic E-state index is 8.55. The molecule has 0 aromatic rings. The Kier molecular flexibility index (Phi) is 6.73. The van der Waals surface area contributed by atoms with Gasteiger partial charge in [-0.05, 0) is 30.6 Å². The van der Waals surface area contributed by atoms with Crippen LogP contribution in [0.2, 0.25) is 0 Å². The predicted octanol–water partition coefficient (Wildman–Crippen LogP) is 1.51. The minimum Gasteiger partial charge on any atom is -0.394 e. The van der Waals surface area contributed by atoms with Crippen LogP contribution >= 0.6 is 11.8 Å². The Balaban J connectivity index is 2.07. The second-order valence-electron chi connectivity index (χ2n) is 5.01. The molecule has 0 saturated carbocycles. The van der Waals surface area contributed by atoms with E-state index in [1.54, 1.807) is 0 Å². The van der Waals surface area contributed by atoms with Gasteiger partial charge in [0.05, 0.1) is 13.2 Å². The molecule has 16 heavy (non-hydrogen) atoms. The number of nitrogens with one attached hydrogen (secondary N) is 1. The summed E-state index contributed by atoms with van der Waals surface area (Å²) in [7, 11) is 0. The first-order valence-corrected chi connectivity index (χ1v) is 7.32. The summed E-state index contributed by atoms with van der Waals surface area (Å²) in [4.78, 5) is 0. The van der Waals surface area contributed by atoms with Crippen molar-refractivity contribution in [3.63, 3.8) is 0 Å². The van der Waals surface area contributed by atoms with Gasteiger partial charge in [-0.25, -0.2) is 0 Å². The second kappa shape index (κ2) is 7.54. The maximum atomic E-state index is 8.55. The lowest BCUT2D eigenvalue weighted by atomic mass is 9.82. The summed E-state index contributed by atoms with van der Waals surface area (Å²) in [5.74, 6) is 2.52. The normalized spacial score (nSPS) is 24.6. The molecule has 1 atom stereocenters. The van der Waals surface area contributed by atoms with E-state index in [2.05, 4.69) is 30.9 Å². The van der Waals surface area contributed by atoms with Gasteiger partial charge < -0.3 is 15.2 Å². The molecular weight excluding hydrogens is 222 g/mol. The molecule has 0 aromatic heterocycles. The van der Waals surface area contributed by atoms with Crippen LogP contribution in [-0.2, 0) is 4.74 Å². The fourth-order valence-corrected chi connectivity index (χ4v) is 3.53. The van der Waals surface area contributed by atoms with Crippen LogP contribution in [0.25, 0.3) is 0 Å². The molecule has 2 N–H and O–H groups in total. The molecule has 0 spiro atoms. The fraction of sp³-hybridized carbons (Fsp3) is 1.00. The molecule has 1 heterocycles. The van der Waals surface area contributed by atoms with E-state index in [1.165, 1.54) is 17.9 Å². The lowest BCUT2D eigenvalue weighted by Gasteiger charge is -2.38. The molecule has 1 unspecified atom stereocenters. The average Bonchev–Trinajstić information content (AvgIpc) is 2.25. The van der Waals surface area contributed by atoms with Crippen molar-refractivity contribution >= 4 is 11.8 Å². The fourth-order valence-electron chi connectivity index (χ4n) is 1.89. The molecular formula is C12H25NO2S. The third-order valence-corrected chi connectivity index (χ3v) is 4.27. The van der Waals surface area contributed by atoms with E-state index in [1.807, 2.05) is 0 Å². The first kappa shape index (κ1) is 14.3. The van der Waals surface area contributed by atoms with Crippen molar-refractivity contribution in [3.8, 4) is 0 Å². The summed E-state index contributed by atoms with van der Waals surface area (Å²) in [5.41, 5.74) is 0.428. The van der Waals surface area contributed by atoms with Crippen LogP contribution in [0.15, 0.2) is 0 Å². The van der Waals surface area contributed by atoms with E-state index in [-0.39, 0.29) is 6.61 Å². The molecule has 0 aromatic carbocycles. The Morgan fingerprint density at radius 2 is 2.25 bits per heavy atom. The Hall–Kier alpha value is 0.230. The van der Waals surface area contributed by atoms with Crippen LogP contribution in [0, 0.1) is 5.41 Å². The molecule has 0 bridgehead atoms. The van der Waals surface area contributed by atoms with Crippen LogP contribution in [0.4, 0.5) is 0 Å². The van der Waals surface area contributed by atoms with Gasteiger partial charge in [0.25, 0.3) is 0 Å². The summed E-state index contributed by atoms with van der Waals surface area (Å²) >= 11 is 2.05. The van der Waals surface area contributed by atoms with Crippen molar-refractivity contribution in [1.29, 1.82) is 0 Å². The Morgan fingerprint density at radius 1 is 1.44 bits per heavy atom. The van der Waals surface area contributed by atoms with Crippen LogP contribution < -0.4 is 5.32 Å². The van der Waals surface area contributed by atoms with Gasteiger partial charge >= 0.3 is 0 Å². The van der Waals surface area contributed by atoms with Crippen molar-refractivity contribution in [3.05, 3.63) is 0 Å². The van der Waals surface area contributed by atoms with Gasteiger partial charge in [-0.3, -0.25) is 0 Å². The van der Waals surface area contributed by atoms with Crippen LogP contribution in [-0.4, -0.2) is 49.0 Å². The summed E-state index contributed by atoms with van der Waals surface area (Å²) < 4.78 is 5.23. The highest BCUT2D eigenvalue weighted by Gasteiger charge is 2.31. The van der Waals surface area contributed by atoms with Crippen molar-refractivity contribution in [1.82, 2.24) is 5.32 Å². The molecule has 1 rings (SSSR count). The number of thioether (sulfide) groups is 1. The van der Waals surface area contributed by atoms with Gasteiger partial charge in [0, 0.05) is 18.4 Å².